The summed E-state index contributed by atoms with van der Waals surface area (Å²) in [5.41, 5.74) is 5.27. The lowest BCUT2D eigenvalue weighted by Gasteiger charge is -2.11. The van der Waals surface area contributed by atoms with Gasteiger partial charge >= 0.3 is 0 Å². The summed E-state index contributed by atoms with van der Waals surface area (Å²) >= 11 is 0. The fraction of sp³-hybridized carbons (Fsp3) is 1.00. The van der Waals surface area contributed by atoms with Gasteiger partial charge in [-0.2, -0.15) is 17.9 Å². The van der Waals surface area contributed by atoms with Crippen LogP contribution in [-0.4, -0.2) is 27.0 Å². The zero-order valence-corrected chi connectivity index (χ0v) is 7.89. The van der Waals surface area contributed by atoms with Crippen molar-refractivity contribution in [3.05, 3.63) is 0 Å². The summed E-state index contributed by atoms with van der Waals surface area (Å²) in [4.78, 5) is 0. The summed E-state index contributed by atoms with van der Waals surface area (Å²) in [5.74, 6) is 0. The predicted octanol–water partition coefficient (Wildman–Crippen LogP) is -1.08. The first-order valence-corrected chi connectivity index (χ1v) is 5.51. The van der Waals surface area contributed by atoms with Gasteiger partial charge in [0.25, 0.3) is 10.2 Å². The van der Waals surface area contributed by atoms with Gasteiger partial charge in [-0.1, -0.05) is 0 Å². The van der Waals surface area contributed by atoms with Gasteiger partial charge in [-0.3, -0.25) is 0 Å². The molecule has 1 aliphatic rings. The highest BCUT2D eigenvalue weighted by molar-refractivity contribution is 7.87. The lowest BCUT2D eigenvalue weighted by Crippen LogP contribution is -2.45. The molecule has 0 aromatic carbocycles. The van der Waals surface area contributed by atoms with Gasteiger partial charge in [-0.25, -0.2) is 0 Å². The third-order valence-corrected chi connectivity index (χ3v) is 2.97. The normalized spacial score (nSPS) is 20.8. The molecule has 1 rings (SSSR count). The lowest BCUT2D eigenvalue weighted by molar-refractivity contribution is 0.548. The van der Waals surface area contributed by atoms with Gasteiger partial charge in [-0.15, -0.1) is 0 Å². The Labute approximate surface area is 72.9 Å². The van der Waals surface area contributed by atoms with Crippen molar-refractivity contribution in [2.45, 2.75) is 31.8 Å². The third kappa shape index (κ3) is 3.48. The molecule has 0 radical (unpaired) electrons. The molecule has 0 unspecified atom stereocenters. The van der Waals surface area contributed by atoms with Gasteiger partial charge in [0.05, 0.1) is 0 Å². The Morgan fingerprint density at radius 1 is 1.58 bits per heavy atom. The van der Waals surface area contributed by atoms with Crippen molar-refractivity contribution >= 4 is 10.2 Å². The maximum Gasteiger partial charge on any atom is 0.277 e. The molecule has 12 heavy (non-hydrogen) atoms. The molecule has 1 saturated carbocycles. The topological polar surface area (TPSA) is 84.2 Å². The van der Waals surface area contributed by atoms with Crippen molar-refractivity contribution in [1.29, 1.82) is 0 Å². The number of rotatable bonds is 5. The molecule has 0 aromatic heterocycles. The van der Waals surface area contributed by atoms with Crippen LogP contribution in [0.5, 0.6) is 0 Å². The summed E-state index contributed by atoms with van der Waals surface area (Å²) in [5, 5.41) is 0. The largest absolute Gasteiger partial charge is 0.329 e. The first-order chi connectivity index (χ1) is 5.53. The first kappa shape index (κ1) is 9.91. The minimum atomic E-state index is -3.31. The van der Waals surface area contributed by atoms with E-state index in [0.29, 0.717) is 6.54 Å². The standard InChI is InChI=1S/C6H15N3O2S/c1-5(4-7)8-12(10,11)9-6-2-3-6/h5-6,8-9H,2-4,7H2,1H3/t5-/m1/s1. The summed E-state index contributed by atoms with van der Waals surface area (Å²) < 4.78 is 27.3. The molecule has 1 atom stereocenters. The monoisotopic (exact) mass is 193 g/mol. The van der Waals surface area contributed by atoms with Crippen molar-refractivity contribution < 1.29 is 8.42 Å². The van der Waals surface area contributed by atoms with Gasteiger partial charge < -0.3 is 5.73 Å². The van der Waals surface area contributed by atoms with Gasteiger partial charge in [0.15, 0.2) is 0 Å². The van der Waals surface area contributed by atoms with Crippen LogP contribution in [0.2, 0.25) is 0 Å². The molecule has 0 saturated heterocycles. The van der Waals surface area contributed by atoms with Crippen molar-refractivity contribution in [1.82, 2.24) is 9.44 Å². The SMILES string of the molecule is C[C@H](CN)NS(=O)(=O)NC1CC1. The molecule has 0 aliphatic heterocycles. The Morgan fingerprint density at radius 3 is 2.58 bits per heavy atom. The zero-order chi connectivity index (χ0) is 9.19. The van der Waals surface area contributed by atoms with E-state index in [1.54, 1.807) is 6.92 Å². The van der Waals surface area contributed by atoms with Crippen LogP contribution in [0, 0.1) is 0 Å². The van der Waals surface area contributed by atoms with E-state index in [2.05, 4.69) is 9.44 Å². The molecule has 5 nitrogen and oxygen atoms in total. The molecule has 0 spiro atoms. The molecule has 72 valence electrons. The van der Waals surface area contributed by atoms with E-state index in [4.69, 9.17) is 5.73 Å². The van der Waals surface area contributed by atoms with Crippen LogP contribution in [0.25, 0.3) is 0 Å². The number of nitrogens with two attached hydrogens (primary N) is 1. The highest BCUT2D eigenvalue weighted by atomic mass is 32.2. The van der Waals surface area contributed by atoms with E-state index in [-0.39, 0.29) is 12.1 Å². The molecular weight excluding hydrogens is 178 g/mol. The molecule has 0 heterocycles. The van der Waals surface area contributed by atoms with Crippen LogP contribution in [0.4, 0.5) is 0 Å². The average Bonchev–Trinajstić information content (AvgIpc) is 2.69. The minimum Gasteiger partial charge on any atom is -0.329 e. The van der Waals surface area contributed by atoms with Crippen molar-refractivity contribution in [3.63, 3.8) is 0 Å². The maximum absolute atomic E-state index is 11.2. The predicted molar refractivity (Wildman–Crippen MR) is 46.7 cm³/mol. The fourth-order valence-electron chi connectivity index (χ4n) is 0.768. The number of hydrogen-bond acceptors (Lipinski definition) is 3. The van der Waals surface area contributed by atoms with Gasteiger partial charge in [-0.05, 0) is 19.8 Å². The smallest absolute Gasteiger partial charge is 0.277 e. The lowest BCUT2D eigenvalue weighted by atomic mass is 10.4. The summed E-state index contributed by atoms with van der Waals surface area (Å²) in [7, 11) is -3.31. The fourth-order valence-corrected chi connectivity index (χ4v) is 2.14. The van der Waals surface area contributed by atoms with E-state index in [0.717, 1.165) is 12.8 Å². The van der Waals surface area contributed by atoms with Crippen molar-refractivity contribution in [3.8, 4) is 0 Å². The Bertz CT molecular complexity index is 235. The second-order valence-electron chi connectivity index (χ2n) is 3.15. The maximum atomic E-state index is 11.2. The quantitative estimate of drug-likeness (QED) is 0.519. The summed E-state index contributed by atoms with van der Waals surface area (Å²) in [6.07, 6.45) is 1.88. The minimum absolute atomic E-state index is 0.146. The zero-order valence-electron chi connectivity index (χ0n) is 7.08. The molecule has 6 heteroatoms. The van der Waals surface area contributed by atoms with Gasteiger partial charge in [0.1, 0.15) is 0 Å². The second-order valence-corrected chi connectivity index (χ2v) is 4.63. The second kappa shape index (κ2) is 3.69. The highest BCUT2D eigenvalue weighted by Crippen LogP contribution is 2.19. The van der Waals surface area contributed by atoms with Crippen molar-refractivity contribution in [2.24, 2.45) is 5.73 Å². The molecule has 1 aliphatic carbocycles. The number of hydrogen-bond donors (Lipinski definition) is 3. The van der Waals surface area contributed by atoms with Crippen LogP contribution in [-0.2, 0) is 10.2 Å². The van der Waals surface area contributed by atoms with E-state index >= 15 is 0 Å². The molecule has 1 fully saturated rings. The van der Waals surface area contributed by atoms with Crippen LogP contribution in [0.3, 0.4) is 0 Å². The van der Waals surface area contributed by atoms with Gasteiger partial charge in [0.2, 0.25) is 0 Å². The first-order valence-electron chi connectivity index (χ1n) is 4.03. The highest BCUT2D eigenvalue weighted by Gasteiger charge is 2.27. The third-order valence-electron chi connectivity index (χ3n) is 1.61. The van der Waals surface area contributed by atoms with Crippen molar-refractivity contribution in [2.75, 3.05) is 6.54 Å². The van der Waals surface area contributed by atoms with Crippen LogP contribution in [0.15, 0.2) is 0 Å². The van der Waals surface area contributed by atoms with Gasteiger partial charge in [0, 0.05) is 18.6 Å². The van der Waals surface area contributed by atoms with E-state index in [1.165, 1.54) is 0 Å². The Balaban J connectivity index is 2.36. The van der Waals surface area contributed by atoms with Crippen LogP contribution >= 0.6 is 0 Å². The molecule has 4 N–H and O–H groups in total. The molecule has 0 bridgehead atoms. The summed E-state index contributed by atoms with van der Waals surface area (Å²) in [6, 6.07) is -0.0614. The Morgan fingerprint density at radius 2 is 2.17 bits per heavy atom. The Kier molecular flexibility index (Phi) is 3.05. The van der Waals surface area contributed by atoms with Crippen LogP contribution in [0.1, 0.15) is 19.8 Å². The summed E-state index contributed by atoms with van der Waals surface area (Å²) in [6.45, 7) is 2.04. The number of nitrogens with one attached hydrogen (secondary N) is 2. The Hall–Kier alpha value is -0.170. The molecule has 0 amide bonds. The van der Waals surface area contributed by atoms with Crippen LogP contribution < -0.4 is 15.2 Å². The molecule has 0 aromatic rings. The molecular formula is C6H15N3O2S. The van der Waals surface area contributed by atoms with E-state index in [1.807, 2.05) is 0 Å². The van der Waals surface area contributed by atoms with E-state index in [9.17, 15) is 8.42 Å². The average molecular weight is 193 g/mol. The van der Waals surface area contributed by atoms with E-state index < -0.39 is 10.2 Å².